The molecule has 0 fully saturated rings. The molecule has 0 aromatic carbocycles. The van der Waals surface area contributed by atoms with Gasteiger partial charge >= 0.3 is 19.8 Å². The molecule has 0 aliphatic rings. The summed E-state index contributed by atoms with van der Waals surface area (Å²) in [5.41, 5.74) is 0. The SMILES string of the molecule is CCCCC[C@H](O)/C=C/C=C\C/C=C\C/C=C\CCCC(=O)O[C@H](COC(=O)CCCCCCCCCCCCCCC(C)C)COP(=O)(O)O. The Morgan fingerprint density at radius 2 is 1.20 bits per heavy atom. The topological polar surface area (TPSA) is 140 Å². The van der Waals surface area contributed by atoms with Crippen LogP contribution in [0.4, 0.5) is 0 Å². The molecule has 51 heavy (non-hydrogen) atoms. The molecule has 10 heteroatoms. The molecule has 3 N–H and O–H groups in total. The fourth-order valence-electron chi connectivity index (χ4n) is 5.37. The van der Waals surface area contributed by atoms with Crippen molar-refractivity contribution in [2.75, 3.05) is 13.2 Å². The smallest absolute Gasteiger partial charge is 0.462 e. The van der Waals surface area contributed by atoms with Crippen LogP contribution in [-0.2, 0) is 28.2 Å². The predicted octanol–water partition coefficient (Wildman–Crippen LogP) is 10.8. The average Bonchev–Trinajstić information content (AvgIpc) is 3.07. The van der Waals surface area contributed by atoms with E-state index in [1.54, 1.807) is 0 Å². The summed E-state index contributed by atoms with van der Waals surface area (Å²) in [5, 5.41) is 9.86. The van der Waals surface area contributed by atoms with E-state index >= 15 is 0 Å². The molecule has 9 nitrogen and oxygen atoms in total. The molecule has 0 spiro atoms. The van der Waals surface area contributed by atoms with Crippen molar-refractivity contribution < 1.29 is 43.0 Å². The van der Waals surface area contributed by atoms with E-state index < -0.39 is 32.5 Å². The zero-order valence-electron chi connectivity index (χ0n) is 32.3. The molecule has 0 saturated heterocycles. The van der Waals surface area contributed by atoms with Crippen molar-refractivity contribution in [3.05, 3.63) is 48.6 Å². The second-order valence-corrected chi connectivity index (χ2v) is 15.2. The van der Waals surface area contributed by atoms with Crippen LogP contribution in [0.5, 0.6) is 0 Å². The van der Waals surface area contributed by atoms with Crippen LogP contribution >= 0.6 is 7.82 Å². The van der Waals surface area contributed by atoms with Gasteiger partial charge in [-0.1, -0.05) is 166 Å². The summed E-state index contributed by atoms with van der Waals surface area (Å²) in [7, 11) is -4.78. The Morgan fingerprint density at radius 1 is 0.647 bits per heavy atom. The molecule has 0 unspecified atom stereocenters. The van der Waals surface area contributed by atoms with E-state index in [2.05, 4.69) is 37.4 Å². The maximum atomic E-state index is 12.4. The summed E-state index contributed by atoms with van der Waals surface area (Å²) in [6, 6.07) is 0. The van der Waals surface area contributed by atoms with Gasteiger partial charge in [-0.3, -0.25) is 14.1 Å². The van der Waals surface area contributed by atoms with Gasteiger partial charge in [-0.15, -0.1) is 0 Å². The lowest BCUT2D eigenvalue weighted by Gasteiger charge is -2.18. The number of carbonyl (C=O) groups excluding carboxylic acids is 2. The lowest BCUT2D eigenvalue weighted by atomic mass is 10.0. The van der Waals surface area contributed by atoms with E-state index in [1.165, 1.54) is 57.8 Å². The number of carbonyl (C=O) groups is 2. The molecular weight excluding hydrogens is 667 g/mol. The zero-order valence-corrected chi connectivity index (χ0v) is 33.2. The minimum absolute atomic E-state index is 0.116. The third-order valence-electron chi connectivity index (χ3n) is 8.38. The van der Waals surface area contributed by atoms with E-state index in [0.717, 1.165) is 63.7 Å². The number of unbranched alkanes of at least 4 members (excludes halogenated alkanes) is 14. The standard InChI is InChI=1S/C41H73O9P/c1-4-5-25-31-38(42)32-27-22-18-14-10-8-12-16-20-24-29-34-41(44)50-39(36-49-51(45,46)47)35-48-40(43)33-28-23-19-15-11-7-6-9-13-17-21-26-30-37(2)3/h8,10,16,18,20,22,27,32,37-39,42H,4-7,9,11-15,17,19,21,23-26,28-31,33-36H2,1-3H3,(H2,45,46,47)/b10-8-,20-16-,22-18-,32-27+/t38-,39+/m0/s1. The third-order valence-corrected chi connectivity index (χ3v) is 8.87. The van der Waals surface area contributed by atoms with Gasteiger partial charge in [0.25, 0.3) is 0 Å². The number of aliphatic hydroxyl groups excluding tert-OH is 1. The fourth-order valence-corrected chi connectivity index (χ4v) is 5.73. The van der Waals surface area contributed by atoms with Gasteiger partial charge in [-0.25, -0.2) is 4.57 Å². The Morgan fingerprint density at radius 3 is 1.80 bits per heavy atom. The fraction of sp³-hybridized carbons (Fsp3) is 0.756. The third kappa shape index (κ3) is 39.0. The highest BCUT2D eigenvalue weighted by molar-refractivity contribution is 7.46. The van der Waals surface area contributed by atoms with Crippen molar-refractivity contribution in [2.45, 2.75) is 181 Å². The summed E-state index contributed by atoms with van der Waals surface area (Å²) < 4.78 is 26.3. The van der Waals surface area contributed by atoms with Crippen molar-refractivity contribution in [2.24, 2.45) is 5.92 Å². The molecule has 0 radical (unpaired) electrons. The Kier molecular flexibility index (Phi) is 33.6. The van der Waals surface area contributed by atoms with E-state index in [1.807, 2.05) is 36.5 Å². The predicted molar refractivity (Wildman–Crippen MR) is 208 cm³/mol. The number of hydrogen-bond acceptors (Lipinski definition) is 7. The first-order chi connectivity index (χ1) is 24.5. The van der Waals surface area contributed by atoms with Crippen molar-refractivity contribution in [1.29, 1.82) is 0 Å². The summed E-state index contributed by atoms with van der Waals surface area (Å²) in [5.74, 6) is -0.165. The van der Waals surface area contributed by atoms with Gasteiger partial charge in [0.15, 0.2) is 6.10 Å². The van der Waals surface area contributed by atoms with Gasteiger partial charge in [-0.2, -0.15) is 0 Å². The van der Waals surface area contributed by atoms with Crippen LogP contribution in [0.15, 0.2) is 48.6 Å². The Bertz CT molecular complexity index is 999. The number of ether oxygens (including phenoxy) is 2. The second-order valence-electron chi connectivity index (χ2n) is 13.9. The van der Waals surface area contributed by atoms with Crippen LogP contribution in [0.3, 0.4) is 0 Å². The zero-order chi connectivity index (χ0) is 37.8. The van der Waals surface area contributed by atoms with Gasteiger partial charge in [0.05, 0.1) is 12.7 Å². The molecule has 0 saturated carbocycles. The van der Waals surface area contributed by atoms with Crippen LogP contribution in [0, 0.1) is 5.92 Å². The van der Waals surface area contributed by atoms with Crippen molar-refractivity contribution >= 4 is 19.8 Å². The number of aliphatic hydroxyl groups is 1. The van der Waals surface area contributed by atoms with Crippen LogP contribution < -0.4 is 0 Å². The molecule has 0 bridgehead atoms. The monoisotopic (exact) mass is 740 g/mol. The average molecular weight is 741 g/mol. The summed E-state index contributed by atoms with van der Waals surface area (Å²) in [4.78, 5) is 42.7. The maximum Gasteiger partial charge on any atom is 0.469 e. The van der Waals surface area contributed by atoms with E-state index in [4.69, 9.17) is 19.3 Å². The summed E-state index contributed by atoms with van der Waals surface area (Å²) in [6.07, 6.45) is 37.4. The summed E-state index contributed by atoms with van der Waals surface area (Å²) in [6.45, 7) is 5.83. The van der Waals surface area contributed by atoms with Gasteiger partial charge in [-0.05, 0) is 44.4 Å². The molecular formula is C41H73O9P. The van der Waals surface area contributed by atoms with Crippen LogP contribution in [0.2, 0.25) is 0 Å². The molecule has 0 heterocycles. The van der Waals surface area contributed by atoms with Gasteiger partial charge in [0, 0.05) is 12.8 Å². The van der Waals surface area contributed by atoms with Crippen LogP contribution in [0.25, 0.3) is 0 Å². The first-order valence-electron chi connectivity index (χ1n) is 19.9. The minimum Gasteiger partial charge on any atom is -0.462 e. The number of allylic oxidation sites excluding steroid dienone is 7. The molecule has 0 rings (SSSR count). The van der Waals surface area contributed by atoms with Gasteiger partial charge in [0.1, 0.15) is 6.61 Å². The van der Waals surface area contributed by atoms with Crippen LogP contribution in [0.1, 0.15) is 168 Å². The molecule has 296 valence electrons. The Hall–Kier alpha value is -2.03. The highest BCUT2D eigenvalue weighted by Gasteiger charge is 2.22. The first kappa shape index (κ1) is 49.0. The minimum atomic E-state index is -4.78. The maximum absolute atomic E-state index is 12.4. The van der Waals surface area contributed by atoms with Crippen molar-refractivity contribution in [3.8, 4) is 0 Å². The van der Waals surface area contributed by atoms with Gasteiger partial charge in [0.2, 0.25) is 0 Å². The molecule has 2 atom stereocenters. The van der Waals surface area contributed by atoms with Crippen molar-refractivity contribution in [1.82, 2.24) is 0 Å². The lowest BCUT2D eigenvalue weighted by molar-refractivity contribution is -0.161. The number of rotatable bonds is 35. The molecule has 0 aliphatic heterocycles. The molecule has 0 aliphatic carbocycles. The molecule has 0 amide bonds. The first-order valence-corrected chi connectivity index (χ1v) is 21.4. The van der Waals surface area contributed by atoms with E-state index in [9.17, 15) is 19.3 Å². The van der Waals surface area contributed by atoms with E-state index in [0.29, 0.717) is 19.3 Å². The lowest BCUT2D eigenvalue weighted by Crippen LogP contribution is -2.29. The molecule has 0 aromatic rings. The highest BCUT2D eigenvalue weighted by Crippen LogP contribution is 2.36. The van der Waals surface area contributed by atoms with Crippen molar-refractivity contribution in [3.63, 3.8) is 0 Å². The Labute approximate surface area is 310 Å². The number of phosphoric acid groups is 1. The second kappa shape index (κ2) is 35.0. The number of esters is 2. The normalized spacial score (nSPS) is 13.7. The largest absolute Gasteiger partial charge is 0.469 e. The molecule has 0 aromatic heterocycles. The number of hydrogen-bond donors (Lipinski definition) is 3. The summed E-state index contributed by atoms with van der Waals surface area (Å²) >= 11 is 0. The highest BCUT2D eigenvalue weighted by atomic mass is 31.2. The quantitative estimate of drug-likeness (QED) is 0.0190. The van der Waals surface area contributed by atoms with Crippen LogP contribution in [-0.4, -0.2) is 52.3 Å². The number of phosphoric ester groups is 1. The Balaban J connectivity index is 4.09. The van der Waals surface area contributed by atoms with Gasteiger partial charge < -0.3 is 24.4 Å². The van der Waals surface area contributed by atoms with E-state index in [-0.39, 0.29) is 25.6 Å².